The molecule has 0 aromatic carbocycles. The number of morpholine rings is 1. The Bertz CT molecular complexity index is 209. The standard InChI is InChI=1S/C11H22ClN3O/c1-2-13-3-5-14(6-4-13)10-15-7-8-16-9-11(15)12/h11H,2-10H2,1H3. The number of likely N-dealkylation sites (N-methyl/N-ethyl adjacent to an activating group) is 1. The van der Waals surface area contributed by atoms with Crippen LogP contribution in [-0.2, 0) is 4.74 Å². The largest absolute Gasteiger partial charge is 0.377 e. The Kier molecular flexibility index (Phi) is 4.85. The number of hydrogen-bond donors (Lipinski definition) is 0. The highest BCUT2D eigenvalue weighted by molar-refractivity contribution is 6.20. The SMILES string of the molecule is CCN1CCN(CN2CCOCC2Cl)CC1. The van der Waals surface area contributed by atoms with Crippen molar-refractivity contribution in [2.75, 3.05) is 59.2 Å². The minimum atomic E-state index is 0.0537. The van der Waals surface area contributed by atoms with E-state index in [1.807, 2.05) is 0 Å². The van der Waals surface area contributed by atoms with Gasteiger partial charge in [-0.3, -0.25) is 9.80 Å². The molecule has 0 amide bonds. The maximum absolute atomic E-state index is 6.22. The highest BCUT2D eigenvalue weighted by Crippen LogP contribution is 2.12. The summed E-state index contributed by atoms with van der Waals surface area (Å²) in [6.45, 7) is 11.5. The highest BCUT2D eigenvalue weighted by atomic mass is 35.5. The van der Waals surface area contributed by atoms with Gasteiger partial charge >= 0.3 is 0 Å². The average molecular weight is 248 g/mol. The minimum Gasteiger partial charge on any atom is -0.377 e. The maximum Gasteiger partial charge on any atom is 0.110 e. The fourth-order valence-corrected chi connectivity index (χ4v) is 2.52. The molecule has 0 aromatic heterocycles. The first-order chi connectivity index (χ1) is 7.79. The van der Waals surface area contributed by atoms with Gasteiger partial charge in [0.25, 0.3) is 0 Å². The van der Waals surface area contributed by atoms with Crippen molar-refractivity contribution >= 4 is 11.6 Å². The van der Waals surface area contributed by atoms with Gasteiger partial charge in [-0.15, -0.1) is 11.6 Å². The van der Waals surface area contributed by atoms with E-state index in [9.17, 15) is 0 Å². The van der Waals surface area contributed by atoms with Gasteiger partial charge in [-0.1, -0.05) is 6.92 Å². The number of ether oxygens (including phenoxy) is 1. The second-order valence-corrected chi connectivity index (χ2v) is 5.02. The monoisotopic (exact) mass is 247 g/mol. The van der Waals surface area contributed by atoms with Crippen LogP contribution in [0.5, 0.6) is 0 Å². The van der Waals surface area contributed by atoms with E-state index in [0.29, 0.717) is 6.61 Å². The van der Waals surface area contributed by atoms with Crippen LogP contribution in [0.3, 0.4) is 0 Å². The fourth-order valence-electron chi connectivity index (χ4n) is 2.27. The van der Waals surface area contributed by atoms with Crippen molar-refractivity contribution in [1.82, 2.24) is 14.7 Å². The summed E-state index contributed by atoms with van der Waals surface area (Å²) in [6, 6.07) is 0. The first-order valence-corrected chi connectivity index (χ1v) is 6.64. The third-order valence-electron chi connectivity index (χ3n) is 3.47. The average Bonchev–Trinajstić information content (AvgIpc) is 2.33. The van der Waals surface area contributed by atoms with Crippen molar-refractivity contribution in [2.24, 2.45) is 0 Å². The first-order valence-electron chi connectivity index (χ1n) is 6.20. The number of piperazine rings is 1. The molecule has 2 rings (SSSR count). The van der Waals surface area contributed by atoms with E-state index in [1.165, 1.54) is 19.6 Å². The van der Waals surface area contributed by atoms with Crippen molar-refractivity contribution in [1.29, 1.82) is 0 Å². The Morgan fingerprint density at radius 3 is 2.44 bits per heavy atom. The van der Waals surface area contributed by atoms with Gasteiger partial charge in [-0.25, -0.2) is 0 Å². The Morgan fingerprint density at radius 1 is 1.12 bits per heavy atom. The van der Waals surface area contributed by atoms with E-state index in [1.54, 1.807) is 0 Å². The van der Waals surface area contributed by atoms with Gasteiger partial charge in [0.2, 0.25) is 0 Å². The van der Waals surface area contributed by atoms with Crippen LogP contribution in [0, 0.1) is 0 Å². The van der Waals surface area contributed by atoms with Gasteiger partial charge in [-0.2, -0.15) is 0 Å². The molecule has 0 saturated carbocycles. The zero-order valence-corrected chi connectivity index (χ0v) is 10.8. The van der Waals surface area contributed by atoms with Gasteiger partial charge in [0.05, 0.1) is 19.9 Å². The van der Waals surface area contributed by atoms with E-state index < -0.39 is 0 Å². The molecule has 16 heavy (non-hydrogen) atoms. The van der Waals surface area contributed by atoms with Crippen molar-refractivity contribution in [3.8, 4) is 0 Å². The normalized spacial score (nSPS) is 30.8. The van der Waals surface area contributed by atoms with Crippen LogP contribution in [0.15, 0.2) is 0 Å². The molecule has 0 bridgehead atoms. The Labute approximate surface area is 103 Å². The van der Waals surface area contributed by atoms with E-state index in [0.717, 1.165) is 32.9 Å². The second kappa shape index (κ2) is 6.17. The topological polar surface area (TPSA) is 19.0 Å². The van der Waals surface area contributed by atoms with Gasteiger partial charge in [-0.05, 0) is 6.54 Å². The lowest BCUT2D eigenvalue weighted by atomic mass is 10.3. The van der Waals surface area contributed by atoms with Crippen LogP contribution in [0.1, 0.15) is 6.92 Å². The van der Waals surface area contributed by atoms with Crippen LogP contribution in [0.2, 0.25) is 0 Å². The third kappa shape index (κ3) is 3.31. The van der Waals surface area contributed by atoms with Crippen molar-refractivity contribution in [3.05, 3.63) is 0 Å². The van der Waals surface area contributed by atoms with Crippen molar-refractivity contribution < 1.29 is 4.74 Å². The molecular formula is C11H22ClN3O. The van der Waals surface area contributed by atoms with Crippen LogP contribution in [0.25, 0.3) is 0 Å². The molecule has 2 aliphatic heterocycles. The molecule has 94 valence electrons. The maximum atomic E-state index is 6.22. The minimum absolute atomic E-state index is 0.0537. The van der Waals surface area contributed by atoms with E-state index in [2.05, 4.69) is 21.6 Å². The summed E-state index contributed by atoms with van der Waals surface area (Å²) in [7, 11) is 0. The lowest BCUT2D eigenvalue weighted by Crippen LogP contribution is -2.53. The summed E-state index contributed by atoms with van der Waals surface area (Å²) in [4.78, 5) is 7.30. The second-order valence-electron chi connectivity index (χ2n) is 4.52. The zero-order chi connectivity index (χ0) is 11.4. The lowest BCUT2D eigenvalue weighted by Gasteiger charge is -2.39. The molecule has 2 heterocycles. The quantitative estimate of drug-likeness (QED) is 0.533. The molecule has 1 unspecified atom stereocenters. The predicted octanol–water partition coefficient (Wildman–Crippen LogP) is 0.479. The van der Waals surface area contributed by atoms with E-state index in [-0.39, 0.29) is 5.50 Å². The number of nitrogens with zero attached hydrogens (tertiary/aromatic N) is 3. The molecule has 2 aliphatic rings. The molecule has 1 atom stereocenters. The summed E-state index contributed by atoms with van der Waals surface area (Å²) in [5.74, 6) is 0. The zero-order valence-electron chi connectivity index (χ0n) is 10.1. The van der Waals surface area contributed by atoms with E-state index >= 15 is 0 Å². The molecule has 2 saturated heterocycles. The molecule has 5 heteroatoms. The van der Waals surface area contributed by atoms with Gasteiger partial charge in [0, 0.05) is 32.7 Å². The smallest absolute Gasteiger partial charge is 0.110 e. The van der Waals surface area contributed by atoms with Crippen molar-refractivity contribution in [2.45, 2.75) is 12.4 Å². The molecule has 0 N–H and O–H groups in total. The number of rotatable bonds is 3. The first kappa shape index (κ1) is 12.6. The number of halogens is 1. The van der Waals surface area contributed by atoms with Crippen LogP contribution in [-0.4, -0.2) is 79.4 Å². The third-order valence-corrected chi connectivity index (χ3v) is 3.87. The molecule has 4 nitrogen and oxygen atoms in total. The summed E-state index contributed by atoms with van der Waals surface area (Å²) < 4.78 is 5.34. The molecule has 0 spiro atoms. The molecule has 0 aliphatic carbocycles. The lowest BCUT2D eigenvalue weighted by molar-refractivity contribution is -0.0140. The Balaban J connectivity index is 1.73. The number of alkyl halides is 1. The van der Waals surface area contributed by atoms with E-state index in [4.69, 9.17) is 16.3 Å². The van der Waals surface area contributed by atoms with Crippen LogP contribution < -0.4 is 0 Å². The van der Waals surface area contributed by atoms with Crippen LogP contribution >= 0.6 is 11.6 Å². The predicted molar refractivity (Wildman–Crippen MR) is 65.7 cm³/mol. The highest BCUT2D eigenvalue weighted by Gasteiger charge is 2.24. The van der Waals surface area contributed by atoms with Gasteiger partial charge < -0.3 is 9.64 Å². The molecule has 0 radical (unpaired) electrons. The summed E-state index contributed by atoms with van der Waals surface area (Å²) in [5, 5.41) is 0. The molecule has 0 aromatic rings. The summed E-state index contributed by atoms with van der Waals surface area (Å²) >= 11 is 6.22. The number of hydrogen-bond acceptors (Lipinski definition) is 4. The van der Waals surface area contributed by atoms with Gasteiger partial charge in [0.15, 0.2) is 0 Å². The Hall–Kier alpha value is 0.130. The summed E-state index contributed by atoms with van der Waals surface area (Å²) in [6.07, 6.45) is 0. The Morgan fingerprint density at radius 2 is 1.81 bits per heavy atom. The van der Waals surface area contributed by atoms with Crippen molar-refractivity contribution in [3.63, 3.8) is 0 Å². The van der Waals surface area contributed by atoms with Gasteiger partial charge in [0.1, 0.15) is 5.50 Å². The van der Waals surface area contributed by atoms with Crippen LogP contribution in [0.4, 0.5) is 0 Å². The molecule has 2 fully saturated rings. The summed E-state index contributed by atoms with van der Waals surface area (Å²) in [5.41, 5.74) is 0.0537. The molecular weight excluding hydrogens is 226 g/mol. The fraction of sp³-hybridized carbons (Fsp3) is 1.00.